The molecule has 0 aliphatic rings. The van der Waals surface area contributed by atoms with E-state index in [1.807, 2.05) is 41.5 Å². The lowest BCUT2D eigenvalue weighted by Gasteiger charge is -2.14. The molecule has 10 heteroatoms. The van der Waals surface area contributed by atoms with E-state index in [4.69, 9.17) is 5.11 Å². The molecule has 2 unspecified atom stereocenters. The number of aliphatic carboxylic acids is 2. The number of carbonyl (C=O) groups excluding carboxylic acids is 2. The molecule has 0 aliphatic heterocycles. The van der Waals surface area contributed by atoms with Gasteiger partial charge in [-0.2, -0.15) is 12.6 Å². The van der Waals surface area contributed by atoms with Crippen LogP contribution in [0, 0.1) is 0 Å². The van der Waals surface area contributed by atoms with Gasteiger partial charge in [0.2, 0.25) is 11.8 Å². The average Bonchev–Trinajstić information content (AvgIpc) is 2.87. The minimum absolute atomic E-state index is 0.0751. The van der Waals surface area contributed by atoms with Crippen LogP contribution in [-0.2, 0) is 25.6 Å². The van der Waals surface area contributed by atoms with Crippen LogP contribution in [0.2, 0.25) is 0 Å². The van der Waals surface area contributed by atoms with Gasteiger partial charge in [0.25, 0.3) is 0 Å². The van der Waals surface area contributed by atoms with Crippen molar-refractivity contribution in [2.45, 2.75) is 85.7 Å². The summed E-state index contributed by atoms with van der Waals surface area (Å²) in [5, 5.41) is 32.2. The Morgan fingerprint density at radius 1 is 0.738 bits per heavy atom. The van der Waals surface area contributed by atoms with Crippen molar-refractivity contribution in [1.29, 1.82) is 0 Å². The summed E-state index contributed by atoms with van der Waals surface area (Å²) in [5.74, 6) is -2.77. The molecule has 1 rings (SSSR count). The maximum Gasteiger partial charge on any atom is 0.327 e. The Morgan fingerprint density at radius 2 is 1.14 bits per heavy atom. The van der Waals surface area contributed by atoms with Crippen LogP contribution < -0.4 is 10.6 Å². The van der Waals surface area contributed by atoms with Crippen molar-refractivity contribution in [3.05, 3.63) is 76.4 Å². The van der Waals surface area contributed by atoms with Crippen LogP contribution in [0.25, 0.3) is 0 Å². The number of nitrogens with one attached hydrogen (secondary N) is 2. The number of allylic oxidation sites excluding steroid dienone is 6. The highest BCUT2D eigenvalue weighted by Crippen LogP contribution is 2.12. The van der Waals surface area contributed by atoms with Crippen molar-refractivity contribution in [2.24, 2.45) is 0 Å². The van der Waals surface area contributed by atoms with Crippen LogP contribution in [0.1, 0.15) is 72.8 Å². The monoisotopic (exact) mass is 602 g/mol. The van der Waals surface area contributed by atoms with Crippen LogP contribution in [0.4, 0.5) is 0 Å². The van der Waals surface area contributed by atoms with Crippen molar-refractivity contribution in [3.63, 3.8) is 0 Å². The number of carboxylic acids is 2. The Balaban J connectivity index is 0.000000837. The van der Waals surface area contributed by atoms with E-state index in [0.717, 1.165) is 42.4 Å². The zero-order valence-corrected chi connectivity index (χ0v) is 26.3. The van der Waals surface area contributed by atoms with Crippen molar-refractivity contribution in [1.82, 2.24) is 10.6 Å². The first-order valence-corrected chi connectivity index (χ1v) is 14.3. The molecule has 0 fully saturated rings. The number of phenols is 1. The number of aromatic hydroxyl groups is 1. The third kappa shape index (κ3) is 19.3. The molecular weight excluding hydrogens is 556 g/mol. The second-order valence-corrected chi connectivity index (χ2v) is 10.8. The van der Waals surface area contributed by atoms with Crippen molar-refractivity contribution in [2.75, 3.05) is 5.75 Å². The predicted octanol–water partition coefficient (Wildman–Crippen LogP) is 5.38. The molecule has 0 aromatic heterocycles. The topological polar surface area (TPSA) is 153 Å². The molecular formula is C32H46N2O7S. The zero-order chi connectivity index (χ0) is 32.2. The summed E-state index contributed by atoms with van der Waals surface area (Å²) in [6.45, 7) is 11.8. The summed E-state index contributed by atoms with van der Waals surface area (Å²) in [7, 11) is 0. The third-order valence-corrected chi connectivity index (χ3v) is 6.09. The molecule has 1 aromatic rings. The van der Waals surface area contributed by atoms with Gasteiger partial charge in [0.05, 0.1) is 0 Å². The van der Waals surface area contributed by atoms with Gasteiger partial charge in [0.1, 0.15) is 17.8 Å². The van der Waals surface area contributed by atoms with Crippen LogP contribution in [0.5, 0.6) is 5.75 Å². The van der Waals surface area contributed by atoms with Gasteiger partial charge in [0, 0.05) is 24.3 Å². The number of thiol groups is 1. The first kappa shape index (κ1) is 38.2. The summed E-state index contributed by atoms with van der Waals surface area (Å²) < 4.78 is 0. The molecule has 9 nitrogen and oxygen atoms in total. The van der Waals surface area contributed by atoms with Gasteiger partial charge >= 0.3 is 11.9 Å². The second kappa shape index (κ2) is 21.0. The van der Waals surface area contributed by atoms with E-state index < -0.39 is 29.9 Å². The van der Waals surface area contributed by atoms with Gasteiger partial charge in [-0.25, -0.2) is 9.59 Å². The van der Waals surface area contributed by atoms with Crippen LogP contribution in [0.15, 0.2) is 70.9 Å². The molecule has 232 valence electrons. The Labute approximate surface area is 254 Å². The molecule has 1 aromatic carbocycles. The minimum atomic E-state index is -1.09. The number of hydrogen-bond donors (Lipinski definition) is 6. The SMILES string of the molecule is CC(C)=CCC/C(C)=C/C(=O)NC(CS)C(=O)O.CC(C)=CCC/C(C)=C/C(=O)NC(Cc1ccc(O)cc1)C(=O)O. The summed E-state index contributed by atoms with van der Waals surface area (Å²) in [4.78, 5) is 45.6. The Hall–Kier alpha value is -3.79. The molecule has 0 heterocycles. The van der Waals surface area contributed by atoms with E-state index in [1.165, 1.54) is 35.4 Å². The van der Waals surface area contributed by atoms with E-state index >= 15 is 0 Å². The van der Waals surface area contributed by atoms with Crippen LogP contribution in [0.3, 0.4) is 0 Å². The fraction of sp³-hybridized carbons (Fsp3) is 0.438. The first-order valence-electron chi connectivity index (χ1n) is 13.7. The minimum Gasteiger partial charge on any atom is -0.508 e. The maximum atomic E-state index is 12.0. The molecule has 2 amide bonds. The number of amides is 2. The van der Waals surface area contributed by atoms with E-state index in [-0.39, 0.29) is 23.8 Å². The average molecular weight is 603 g/mol. The van der Waals surface area contributed by atoms with E-state index in [2.05, 4.69) is 35.4 Å². The van der Waals surface area contributed by atoms with E-state index in [1.54, 1.807) is 12.1 Å². The lowest BCUT2D eigenvalue weighted by Crippen LogP contribution is -2.41. The number of rotatable bonds is 15. The van der Waals surface area contributed by atoms with E-state index in [9.17, 15) is 29.4 Å². The quantitative estimate of drug-likeness (QED) is 0.0896. The number of phenolic OH excluding ortho intramolecular Hbond substituents is 1. The summed E-state index contributed by atoms with van der Waals surface area (Å²) in [6.07, 6.45) is 10.5. The molecule has 5 N–H and O–H groups in total. The van der Waals surface area contributed by atoms with E-state index in [0.29, 0.717) is 0 Å². The summed E-state index contributed by atoms with van der Waals surface area (Å²) in [6, 6.07) is 4.30. The standard InChI is InChI=1S/C19H25NO4.C13H21NO3S/c1-13(2)5-4-6-14(3)11-18(22)20-17(19(23)24)12-15-7-9-16(21)10-8-15;1-9(2)5-4-6-10(3)7-12(15)14-11(8-18)13(16)17/h5,7-11,17,21H,4,6,12H2,1-3H3,(H,20,22)(H,23,24);5,7,11,18H,4,6,8H2,1-3H3,(H,14,15)(H,16,17)/b14-11+;10-7+. The molecule has 0 saturated heterocycles. The lowest BCUT2D eigenvalue weighted by atomic mass is 10.1. The normalized spacial score (nSPS) is 12.5. The van der Waals surface area contributed by atoms with Crippen molar-refractivity contribution in [3.8, 4) is 5.75 Å². The number of benzene rings is 1. The fourth-order valence-corrected chi connectivity index (χ4v) is 3.70. The number of carbonyl (C=O) groups is 4. The first-order chi connectivity index (χ1) is 19.6. The Morgan fingerprint density at radius 3 is 1.50 bits per heavy atom. The molecule has 42 heavy (non-hydrogen) atoms. The molecule has 0 radical (unpaired) electrons. The summed E-state index contributed by atoms with van der Waals surface area (Å²) >= 11 is 3.88. The molecule has 0 aliphatic carbocycles. The largest absolute Gasteiger partial charge is 0.508 e. The summed E-state index contributed by atoms with van der Waals surface area (Å²) in [5.41, 5.74) is 5.03. The molecule has 0 spiro atoms. The van der Waals surface area contributed by atoms with Gasteiger partial charge in [-0.1, -0.05) is 46.6 Å². The van der Waals surface area contributed by atoms with Crippen LogP contribution in [-0.4, -0.2) is 56.9 Å². The Kier molecular flexibility index (Phi) is 19.1. The fourth-order valence-electron chi connectivity index (χ4n) is 3.45. The lowest BCUT2D eigenvalue weighted by molar-refractivity contribution is -0.141. The van der Waals surface area contributed by atoms with Gasteiger partial charge in [0.15, 0.2) is 0 Å². The van der Waals surface area contributed by atoms with Crippen LogP contribution >= 0.6 is 12.6 Å². The predicted molar refractivity (Wildman–Crippen MR) is 170 cm³/mol. The van der Waals surface area contributed by atoms with Crippen molar-refractivity contribution < 1.29 is 34.5 Å². The molecule has 2 atom stereocenters. The molecule has 0 saturated carbocycles. The Bertz CT molecular complexity index is 1160. The van der Waals surface area contributed by atoms with Gasteiger partial charge in [-0.05, 0) is 84.9 Å². The maximum absolute atomic E-state index is 12.0. The van der Waals surface area contributed by atoms with Crippen molar-refractivity contribution >= 4 is 36.4 Å². The third-order valence-electron chi connectivity index (χ3n) is 5.73. The number of carboxylic acid groups (broad SMARTS) is 2. The zero-order valence-electron chi connectivity index (χ0n) is 25.4. The second-order valence-electron chi connectivity index (χ2n) is 10.5. The number of hydrogen-bond acceptors (Lipinski definition) is 6. The smallest absolute Gasteiger partial charge is 0.327 e. The highest BCUT2D eigenvalue weighted by atomic mass is 32.1. The highest BCUT2D eigenvalue weighted by molar-refractivity contribution is 7.80. The molecule has 0 bridgehead atoms. The highest BCUT2D eigenvalue weighted by Gasteiger charge is 2.20. The van der Waals surface area contributed by atoms with Gasteiger partial charge < -0.3 is 26.0 Å². The van der Waals surface area contributed by atoms with Gasteiger partial charge in [-0.3, -0.25) is 9.59 Å². The van der Waals surface area contributed by atoms with Gasteiger partial charge in [-0.15, -0.1) is 0 Å².